The van der Waals surface area contributed by atoms with Crippen LogP contribution in [0.25, 0.3) is 0 Å². The number of methoxy groups -OCH3 is 1. The van der Waals surface area contributed by atoms with Crippen LogP contribution in [0.2, 0.25) is 0 Å². The molecule has 1 rings (SSSR count). The van der Waals surface area contributed by atoms with Crippen molar-refractivity contribution < 1.29 is 13.9 Å². The first-order chi connectivity index (χ1) is 9.79. The van der Waals surface area contributed by atoms with E-state index in [0.717, 1.165) is 31.5 Å². The predicted molar refractivity (Wildman–Crippen MR) is 79.6 cm³/mol. The molecule has 114 valence electrons. The van der Waals surface area contributed by atoms with Crippen molar-refractivity contribution in [1.29, 1.82) is 0 Å². The summed E-state index contributed by atoms with van der Waals surface area (Å²) < 4.78 is 24.3. The van der Waals surface area contributed by atoms with Crippen molar-refractivity contribution in [2.75, 3.05) is 40.0 Å². The summed E-state index contributed by atoms with van der Waals surface area (Å²) in [5.74, 6) is 0.0120. The molecule has 1 N–H and O–H groups in total. The standard InChI is InChI=1S/C16H26FNO2/c1-3-9-18-13-14(8-10-20-12-11-19-2)15-6-4-5-7-16(15)17/h4-7,14,18H,3,8-13H2,1-2H3. The molecule has 1 unspecified atom stereocenters. The number of hydrogen-bond donors (Lipinski definition) is 1. The van der Waals surface area contributed by atoms with E-state index < -0.39 is 0 Å². The number of hydrogen-bond acceptors (Lipinski definition) is 3. The highest BCUT2D eigenvalue weighted by Gasteiger charge is 2.15. The van der Waals surface area contributed by atoms with E-state index in [9.17, 15) is 4.39 Å². The molecule has 1 atom stereocenters. The maximum atomic E-state index is 13.9. The van der Waals surface area contributed by atoms with Crippen molar-refractivity contribution in [2.45, 2.75) is 25.7 Å². The lowest BCUT2D eigenvalue weighted by atomic mass is 9.95. The Balaban J connectivity index is 2.49. The van der Waals surface area contributed by atoms with E-state index in [1.165, 1.54) is 6.07 Å². The van der Waals surface area contributed by atoms with Gasteiger partial charge in [0.25, 0.3) is 0 Å². The molecule has 0 saturated heterocycles. The van der Waals surface area contributed by atoms with Crippen LogP contribution in [0, 0.1) is 5.82 Å². The summed E-state index contributed by atoms with van der Waals surface area (Å²) in [6.07, 6.45) is 1.88. The maximum Gasteiger partial charge on any atom is 0.126 e. The topological polar surface area (TPSA) is 30.5 Å². The second-order valence-electron chi connectivity index (χ2n) is 4.82. The Bertz CT molecular complexity index is 360. The van der Waals surface area contributed by atoms with Crippen molar-refractivity contribution in [3.63, 3.8) is 0 Å². The fraction of sp³-hybridized carbons (Fsp3) is 0.625. The van der Waals surface area contributed by atoms with Crippen LogP contribution in [0.1, 0.15) is 31.2 Å². The molecule has 3 nitrogen and oxygen atoms in total. The van der Waals surface area contributed by atoms with Gasteiger partial charge in [-0.15, -0.1) is 0 Å². The Morgan fingerprint density at radius 3 is 2.70 bits per heavy atom. The van der Waals surface area contributed by atoms with Crippen LogP contribution in [0.15, 0.2) is 24.3 Å². The van der Waals surface area contributed by atoms with E-state index in [1.54, 1.807) is 13.2 Å². The van der Waals surface area contributed by atoms with Gasteiger partial charge in [0.2, 0.25) is 0 Å². The molecule has 20 heavy (non-hydrogen) atoms. The molecule has 1 aromatic carbocycles. The Labute approximate surface area is 121 Å². The summed E-state index contributed by atoms with van der Waals surface area (Å²) in [5.41, 5.74) is 0.770. The third-order valence-corrected chi connectivity index (χ3v) is 3.21. The third kappa shape index (κ3) is 6.46. The van der Waals surface area contributed by atoms with E-state index in [-0.39, 0.29) is 11.7 Å². The summed E-state index contributed by atoms with van der Waals surface area (Å²) in [6.45, 7) is 5.66. The zero-order chi connectivity index (χ0) is 14.6. The molecule has 0 heterocycles. The summed E-state index contributed by atoms with van der Waals surface area (Å²) in [7, 11) is 1.65. The fourth-order valence-corrected chi connectivity index (χ4v) is 2.10. The van der Waals surface area contributed by atoms with E-state index in [4.69, 9.17) is 9.47 Å². The summed E-state index contributed by atoms with van der Waals surface area (Å²) in [5, 5.41) is 3.37. The molecular weight excluding hydrogens is 257 g/mol. The Morgan fingerprint density at radius 1 is 1.20 bits per heavy atom. The van der Waals surface area contributed by atoms with Crippen LogP contribution in [0.5, 0.6) is 0 Å². The van der Waals surface area contributed by atoms with E-state index >= 15 is 0 Å². The SMILES string of the molecule is CCCNCC(CCOCCOC)c1ccccc1F. The van der Waals surface area contributed by atoms with E-state index in [2.05, 4.69) is 12.2 Å². The van der Waals surface area contributed by atoms with Gasteiger partial charge in [0.15, 0.2) is 0 Å². The largest absolute Gasteiger partial charge is 0.382 e. The first kappa shape index (κ1) is 17.1. The third-order valence-electron chi connectivity index (χ3n) is 3.21. The lowest BCUT2D eigenvalue weighted by Gasteiger charge is -2.18. The predicted octanol–water partition coefficient (Wildman–Crippen LogP) is 2.96. The average molecular weight is 283 g/mol. The van der Waals surface area contributed by atoms with Gasteiger partial charge in [0.05, 0.1) is 13.2 Å². The van der Waals surface area contributed by atoms with Gasteiger partial charge in [-0.2, -0.15) is 0 Å². The molecule has 0 aromatic heterocycles. The smallest absolute Gasteiger partial charge is 0.126 e. The number of ether oxygens (including phenoxy) is 2. The Morgan fingerprint density at radius 2 is 2.00 bits per heavy atom. The summed E-state index contributed by atoms with van der Waals surface area (Å²) in [4.78, 5) is 0. The Hall–Kier alpha value is -0.970. The number of rotatable bonds is 11. The molecule has 0 fully saturated rings. The van der Waals surface area contributed by atoms with Crippen molar-refractivity contribution in [3.05, 3.63) is 35.6 Å². The van der Waals surface area contributed by atoms with Gasteiger partial charge in [0, 0.05) is 26.2 Å². The normalized spacial score (nSPS) is 12.6. The van der Waals surface area contributed by atoms with Crippen LogP contribution in [-0.2, 0) is 9.47 Å². The highest BCUT2D eigenvalue weighted by molar-refractivity contribution is 5.22. The lowest BCUT2D eigenvalue weighted by molar-refractivity contribution is 0.0669. The van der Waals surface area contributed by atoms with Crippen molar-refractivity contribution >= 4 is 0 Å². The maximum absolute atomic E-state index is 13.9. The van der Waals surface area contributed by atoms with Gasteiger partial charge < -0.3 is 14.8 Å². The van der Waals surface area contributed by atoms with E-state index in [1.807, 2.05) is 12.1 Å². The van der Waals surface area contributed by atoms with Gasteiger partial charge in [-0.05, 0) is 31.0 Å². The fourth-order valence-electron chi connectivity index (χ4n) is 2.10. The average Bonchev–Trinajstić information content (AvgIpc) is 2.46. The minimum absolute atomic E-state index is 0.132. The number of nitrogens with one attached hydrogen (secondary N) is 1. The van der Waals surface area contributed by atoms with Crippen molar-refractivity contribution in [1.82, 2.24) is 5.32 Å². The molecule has 0 bridgehead atoms. The highest BCUT2D eigenvalue weighted by Crippen LogP contribution is 2.22. The molecule has 4 heteroatoms. The van der Waals surface area contributed by atoms with Crippen LogP contribution in [-0.4, -0.2) is 40.0 Å². The second kappa shape index (κ2) is 10.8. The zero-order valence-electron chi connectivity index (χ0n) is 12.5. The molecule has 0 saturated carbocycles. The van der Waals surface area contributed by atoms with Gasteiger partial charge in [-0.3, -0.25) is 0 Å². The quantitative estimate of drug-likeness (QED) is 0.633. The van der Waals surface area contributed by atoms with E-state index in [0.29, 0.717) is 19.8 Å². The first-order valence-corrected chi connectivity index (χ1v) is 7.31. The number of halogens is 1. The Kier molecular flexibility index (Phi) is 9.20. The van der Waals surface area contributed by atoms with Crippen molar-refractivity contribution in [2.24, 2.45) is 0 Å². The monoisotopic (exact) mass is 283 g/mol. The van der Waals surface area contributed by atoms with Gasteiger partial charge in [-0.25, -0.2) is 4.39 Å². The zero-order valence-corrected chi connectivity index (χ0v) is 12.5. The van der Waals surface area contributed by atoms with Gasteiger partial charge >= 0.3 is 0 Å². The summed E-state index contributed by atoms with van der Waals surface area (Å²) >= 11 is 0. The second-order valence-corrected chi connectivity index (χ2v) is 4.82. The molecule has 0 radical (unpaired) electrons. The highest BCUT2D eigenvalue weighted by atomic mass is 19.1. The minimum Gasteiger partial charge on any atom is -0.382 e. The molecule has 0 aliphatic rings. The number of benzene rings is 1. The van der Waals surface area contributed by atoms with Crippen LogP contribution >= 0.6 is 0 Å². The summed E-state index contributed by atoms with van der Waals surface area (Å²) in [6, 6.07) is 7.00. The molecule has 0 amide bonds. The molecule has 0 spiro atoms. The minimum atomic E-state index is -0.132. The van der Waals surface area contributed by atoms with Crippen molar-refractivity contribution in [3.8, 4) is 0 Å². The lowest BCUT2D eigenvalue weighted by Crippen LogP contribution is -2.24. The van der Waals surface area contributed by atoms with Gasteiger partial charge in [0.1, 0.15) is 5.82 Å². The molecule has 0 aliphatic heterocycles. The molecular formula is C16H26FNO2. The van der Waals surface area contributed by atoms with Crippen LogP contribution < -0.4 is 5.32 Å². The van der Waals surface area contributed by atoms with Crippen LogP contribution in [0.4, 0.5) is 4.39 Å². The first-order valence-electron chi connectivity index (χ1n) is 7.31. The van der Waals surface area contributed by atoms with Gasteiger partial charge in [-0.1, -0.05) is 25.1 Å². The molecule has 1 aromatic rings. The van der Waals surface area contributed by atoms with Crippen LogP contribution in [0.3, 0.4) is 0 Å². The molecule has 0 aliphatic carbocycles.